The van der Waals surface area contributed by atoms with Gasteiger partial charge < -0.3 is 4.90 Å². The van der Waals surface area contributed by atoms with Crippen LogP contribution >= 0.6 is 11.6 Å². The highest BCUT2D eigenvalue weighted by atomic mass is 35.5. The summed E-state index contributed by atoms with van der Waals surface area (Å²) in [7, 11) is 0. The van der Waals surface area contributed by atoms with Gasteiger partial charge in [-0.15, -0.1) is 0 Å². The average Bonchev–Trinajstić information content (AvgIpc) is 2.55. The first-order chi connectivity index (χ1) is 11.0. The van der Waals surface area contributed by atoms with Crippen molar-refractivity contribution in [1.82, 2.24) is 4.98 Å². The van der Waals surface area contributed by atoms with E-state index in [1.165, 1.54) is 12.3 Å². The molecule has 0 saturated carbocycles. The van der Waals surface area contributed by atoms with Gasteiger partial charge in [0.1, 0.15) is 5.82 Å². The smallest absolute Gasteiger partial charge is 0.349 e. The van der Waals surface area contributed by atoms with Gasteiger partial charge in [-0.25, -0.2) is 4.98 Å². The van der Waals surface area contributed by atoms with E-state index in [0.29, 0.717) is 11.6 Å². The van der Waals surface area contributed by atoms with Crippen LogP contribution in [-0.4, -0.2) is 11.5 Å². The molecular weight excluding hydrogens is 325 g/mol. The van der Waals surface area contributed by atoms with E-state index in [1.54, 1.807) is 17.0 Å². The Balaban J connectivity index is 2.01. The van der Waals surface area contributed by atoms with Gasteiger partial charge in [-0.1, -0.05) is 23.7 Å². The van der Waals surface area contributed by atoms with E-state index in [4.69, 9.17) is 11.6 Å². The fourth-order valence-corrected chi connectivity index (χ4v) is 3.19. The molecule has 0 N–H and O–H groups in total. The number of benzene rings is 1. The molecule has 1 fully saturated rings. The minimum atomic E-state index is -4.41. The Hall–Kier alpha value is -1.75. The fraction of sp³-hybridized carbons (Fsp3) is 0.353. The van der Waals surface area contributed by atoms with Gasteiger partial charge in [-0.3, -0.25) is 0 Å². The maximum absolute atomic E-state index is 13.3. The third kappa shape index (κ3) is 3.44. The van der Waals surface area contributed by atoms with E-state index < -0.39 is 11.7 Å². The van der Waals surface area contributed by atoms with E-state index in [1.807, 2.05) is 12.1 Å². The standard InChI is InChI=1S/C17H16ClF3N2/c18-13-8-6-12(7-9-13)15-5-1-2-11-23(15)16-14(17(19,20)21)4-3-10-22-16/h3-4,6-10,15H,1-2,5,11H2. The molecule has 3 rings (SSSR count). The van der Waals surface area contributed by atoms with E-state index in [9.17, 15) is 13.2 Å². The van der Waals surface area contributed by atoms with Gasteiger partial charge in [0, 0.05) is 17.8 Å². The third-order valence-corrected chi connectivity index (χ3v) is 4.37. The summed E-state index contributed by atoms with van der Waals surface area (Å²) in [5.41, 5.74) is 0.286. The van der Waals surface area contributed by atoms with Crippen molar-refractivity contribution in [3.05, 3.63) is 58.7 Å². The number of rotatable bonds is 2. The van der Waals surface area contributed by atoms with Crippen molar-refractivity contribution < 1.29 is 13.2 Å². The lowest BCUT2D eigenvalue weighted by Gasteiger charge is -2.38. The van der Waals surface area contributed by atoms with Crippen molar-refractivity contribution in [1.29, 1.82) is 0 Å². The van der Waals surface area contributed by atoms with Gasteiger partial charge in [0.25, 0.3) is 0 Å². The van der Waals surface area contributed by atoms with Crippen LogP contribution in [0.5, 0.6) is 0 Å². The topological polar surface area (TPSA) is 16.1 Å². The number of piperidine rings is 1. The predicted molar refractivity (Wildman–Crippen MR) is 84.6 cm³/mol. The van der Waals surface area contributed by atoms with Crippen LogP contribution in [0.15, 0.2) is 42.6 Å². The molecule has 2 heterocycles. The van der Waals surface area contributed by atoms with Crippen LogP contribution in [0.4, 0.5) is 19.0 Å². The van der Waals surface area contributed by atoms with Crippen molar-refractivity contribution in [3.8, 4) is 0 Å². The molecule has 23 heavy (non-hydrogen) atoms. The monoisotopic (exact) mass is 340 g/mol. The molecule has 1 aliphatic heterocycles. The molecule has 1 unspecified atom stereocenters. The quantitative estimate of drug-likeness (QED) is 0.719. The summed E-state index contributed by atoms with van der Waals surface area (Å²) in [6.45, 7) is 0.563. The molecule has 0 bridgehead atoms. The van der Waals surface area contributed by atoms with Crippen molar-refractivity contribution in [2.45, 2.75) is 31.5 Å². The molecule has 0 aliphatic carbocycles. The zero-order chi connectivity index (χ0) is 16.4. The Labute approximate surface area is 137 Å². The highest BCUT2D eigenvalue weighted by Gasteiger charge is 2.37. The molecule has 0 amide bonds. The van der Waals surface area contributed by atoms with Crippen molar-refractivity contribution in [2.75, 3.05) is 11.4 Å². The second-order valence-corrected chi connectivity index (χ2v) is 6.07. The number of aromatic nitrogens is 1. The summed E-state index contributed by atoms with van der Waals surface area (Å²) in [4.78, 5) is 5.82. The fourth-order valence-electron chi connectivity index (χ4n) is 3.06. The highest BCUT2D eigenvalue weighted by molar-refractivity contribution is 6.30. The van der Waals surface area contributed by atoms with Crippen LogP contribution in [0.3, 0.4) is 0 Å². The van der Waals surface area contributed by atoms with Crippen LogP contribution < -0.4 is 4.90 Å². The van der Waals surface area contributed by atoms with Crippen LogP contribution in [0, 0.1) is 0 Å². The van der Waals surface area contributed by atoms with Crippen LogP contribution in [0.1, 0.15) is 36.4 Å². The van der Waals surface area contributed by atoms with Gasteiger partial charge in [0.2, 0.25) is 0 Å². The normalized spacial score (nSPS) is 19.0. The van der Waals surface area contributed by atoms with Gasteiger partial charge in [-0.05, 0) is 49.1 Å². The van der Waals surface area contributed by atoms with E-state index in [-0.39, 0.29) is 11.9 Å². The largest absolute Gasteiger partial charge is 0.419 e. The van der Waals surface area contributed by atoms with Crippen LogP contribution in [0.2, 0.25) is 5.02 Å². The first kappa shape index (κ1) is 16.1. The molecule has 6 heteroatoms. The second kappa shape index (κ2) is 6.40. The molecule has 0 spiro atoms. The maximum atomic E-state index is 13.3. The molecule has 2 nitrogen and oxygen atoms in total. The maximum Gasteiger partial charge on any atom is 0.419 e. The number of anilines is 1. The summed E-state index contributed by atoms with van der Waals surface area (Å²) >= 11 is 5.91. The highest BCUT2D eigenvalue weighted by Crippen LogP contribution is 2.41. The molecular formula is C17H16ClF3N2. The molecule has 2 aromatic rings. The molecule has 1 aliphatic rings. The van der Waals surface area contributed by atoms with E-state index >= 15 is 0 Å². The summed E-state index contributed by atoms with van der Waals surface area (Å²) in [6, 6.07) is 9.60. The second-order valence-electron chi connectivity index (χ2n) is 5.63. The van der Waals surface area contributed by atoms with Crippen molar-refractivity contribution in [2.24, 2.45) is 0 Å². The van der Waals surface area contributed by atoms with E-state index in [2.05, 4.69) is 4.98 Å². The van der Waals surface area contributed by atoms with Gasteiger partial charge in [0.15, 0.2) is 0 Å². The van der Waals surface area contributed by atoms with Gasteiger partial charge in [-0.2, -0.15) is 13.2 Å². The Kier molecular flexibility index (Phi) is 4.48. The van der Waals surface area contributed by atoms with Crippen LogP contribution in [0.25, 0.3) is 0 Å². The molecule has 1 saturated heterocycles. The Morgan fingerprint density at radius 2 is 1.83 bits per heavy atom. The summed E-state index contributed by atoms with van der Waals surface area (Å²) in [5, 5.41) is 0.616. The Morgan fingerprint density at radius 3 is 2.52 bits per heavy atom. The molecule has 1 aromatic heterocycles. The number of nitrogens with zero attached hydrogens (tertiary/aromatic N) is 2. The Bertz CT molecular complexity index is 670. The SMILES string of the molecule is FC(F)(F)c1cccnc1N1CCCCC1c1ccc(Cl)cc1. The molecule has 1 atom stereocenters. The minimum absolute atomic E-state index is 0.0136. The Morgan fingerprint density at radius 1 is 1.09 bits per heavy atom. The zero-order valence-corrected chi connectivity index (χ0v) is 13.1. The molecule has 1 aromatic carbocycles. The minimum Gasteiger partial charge on any atom is -0.349 e. The van der Waals surface area contributed by atoms with Gasteiger partial charge in [0.05, 0.1) is 11.6 Å². The lowest BCUT2D eigenvalue weighted by molar-refractivity contribution is -0.137. The predicted octanol–water partition coefficient (Wildman–Crippen LogP) is 5.49. The number of hydrogen-bond donors (Lipinski definition) is 0. The summed E-state index contributed by atoms with van der Waals surface area (Å²) in [5.74, 6) is 0.0136. The summed E-state index contributed by atoms with van der Waals surface area (Å²) < 4.78 is 39.9. The number of alkyl halides is 3. The van der Waals surface area contributed by atoms with E-state index in [0.717, 1.165) is 30.9 Å². The average molecular weight is 341 g/mol. The van der Waals surface area contributed by atoms with Gasteiger partial charge >= 0.3 is 6.18 Å². The molecule has 0 radical (unpaired) electrons. The number of hydrogen-bond acceptors (Lipinski definition) is 2. The molecule has 122 valence electrons. The first-order valence-corrected chi connectivity index (χ1v) is 7.89. The number of halogens is 4. The van der Waals surface area contributed by atoms with Crippen molar-refractivity contribution >= 4 is 17.4 Å². The third-order valence-electron chi connectivity index (χ3n) is 4.12. The first-order valence-electron chi connectivity index (χ1n) is 7.51. The zero-order valence-electron chi connectivity index (χ0n) is 12.4. The lowest BCUT2D eigenvalue weighted by atomic mass is 9.94. The van der Waals surface area contributed by atoms with Crippen LogP contribution in [-0.2, 0) is 6.18 Å². The van der Waals surface area contributed by atoms with Crippen molar-refractivity contribution in [3.63, 3.8) is 0 Å². The number of pyridine rings is 1. The summed E-state index contributed by atoms with van der Waals surface area (Å²) in [6.07, 6.45) is -0.352. The lowest BCUT2D eigenvalue weighted by Crippen LogP contribution is -2.35.